The maximum absolute atomic E-state index is 12.6. The van der Waals surface area contributed by atoms with Gasteiger partial charge in [0.15, 0.2) is 0 Å². The van der Waals surface area contributed by atoms with Crippen LogP contribution < -0.4 is 0 Å². The fraction of sp³-hybridized carbons (Fsp3) is 0.364. The Hall–Kier alpha value is -1.56. The minimum Gasteiger partial charge on any atom is -0.479 e. The van der Waals surface area contributed by atoms with Crippen molar-refractivity contribution in [3.63, 3.8) is 0 Å². The van der Waals surface area contributed by atoms with Gasteiger partial charge in [-0.25, -0.2) is 4.79 Å². The number of alkyl halides is 3. The van der Waals surface area contributed by atoms with Gasteiger partial charge in [-0.1, -0.05) is 31.2 Å². The van der Waals surface area contributed by atoms with Crippen molar-refractivity contribution in [2.75, 3.05) is 0 Å². The molecular formula is C11H11F3O3. The predicted molar refractivity (Wildman–Crippen MR) is 53.4 cm³/mol. The van der Waals surface area contributed by atoms with Crippen LogP contribution in [0, 0.1) is 0 Å². The number of hydrogen-bond donors (Lipinski definition) is 2. The van der Waals surface area contributed by atoms with Crippen molar-refractivity contribution in [2.24, 2.45) is 0 Å². The first-order valence-corrected chi connectivity index (χ1v) is 4.85. The van der Waals surface area contributed by atoms with Gasteiger partial charge in [-0.2, -0.15) is 13.2 Å². The van der Waals surface area contributed by atoms with Crippen molar-refractivity contribution in [3.05, 3.63) is 35.4 Å². The first-order chi connectivity index (χ1) is 7.73. The number of aliphatic carboxylic acids is 1. The highest BCUT2D eigenvalue weighted by Crippen LogP contribution is 2.39. The summed E-state index contributed by atoms with van der Waals surface area (Å²) in [7, 11) is 0. The Bertz CT molecular complexity index is 428. The average molecular weight is 248 g/mol. The van der Waals surface area contributed by atoms with Crippen LogP contribution in [0.4, 0.5) is 13.2 Å². The van der Waals surface area contributed by atoms with E-state index in [0.717, 1.165) is 12.1 Å². The van der Waals surface area contributed by atoms with E-state index < -0.39 is 23.3 Å². The van der Waals surface area contributed by atoms with Crippen LogP contribution in [0.15, 0.2) is 24.3 Å². The van der Waals surface area contributed by atoms with E-state index in [4.69, 9.17) is 5.11 Å². The Morgan fingerprint density at radius 3 is 2.35 bits per heavy atom. The van der Waals surface area contributed by atoms with E-state index >= 15 is 0 Å². The molecule has 0 spiro atoms. The molecule has 0 radical (unpaired) electrons. The molecule has 1 aromatic rings. The molecule has 0 fully saturated rings. The SMILES string of the molecule is CCc1cccc(C(O)(C(=O)O)C(F)(F)F)c1. The number of carbonyl (C=O) groups is 1. The largest absolute Gasteiger partial charge is 0.479 e. The molecule has 3 nitrogen and oxygen atoms in total. The standard InChI is InChI=1S/C11H11F3O3/c1-2-7-4-3-5-8(6-7)10(17,9(15)16)11(12,13)14/h3-6,17H,2H2,1H3,(H,15,16). The van der Waals surface area contributed by atoms with E-state index in [2.05, 4.69) is 0 Å². The highest BCUT2D eigenvalue weighted by molar-refractivity contribution is 5.80. The van der Waals surface area contributed by atoms with Gasteiger partial charge in [0.05, 0.1) is 0 Å². The van der Waals surface area contributed by atoms with Gasteiger partial charge >= 0.3 is 12.1 Å². The second-order valence-electron chi connectivity index (χ2n) is 3.57. The summed E-state index contributed by atoms with van der Waals surface area (Å²) in [5, 5.41) is 18.0. The molecule has 0 aliphatic rings. The molecule has 2 N–H and O–H groups in total. The van der Waals surface area contributed by atoms with Crippen LogP contribution in [-0.4, -0.2) is 22.4 Å². The maximum Gasteiger partial charge on any atom is 0.432 e. The number of hydrogen-bond acceptors (Lipinski definition) is 2. The summed E-state index contributed by atoms with van der Waals surface area (Å²) in [4.78, 5) is 10.7. The Morgan fingerprint density at radius 2 is 1.94 bits per heavy atom. The number of halogens is 3. The van der Waals surface area contributed by atoms with E-state index in [1.54, 1.807) is 13.0 Å². The molecule has 17 heavy (non-hydrogen) atoms. The second kappa shape index (κ2) is 4.37. The molecule has 94 valence electrons. The third kappa shape index (κ3) is 2.26. The zero-order valence-corrected chi connectivity index (χ0v) is 8.95. The number of rotatable bonds is 3. The van der Waals surface area contributed by atoms with Crippen molar-refractivity contribution in [2.45, 2.75) is 25.1 Å². The Kier molecular flexibility index (Phi) is 3.47. The van der Waals surface area contributed by atoms with Crippen LogP contribution >= 0.6 is 0 Å². The molecule has 1 atom stereocenters. The van der Waals surface area contributed by atoms with Gasteiger partial charge in [-0.05, 0) is 12.0 Å². The number of carboxylic acids is 1. The highest BCUT2D eigenvalue weighted by Gasteiger charge is 2.61. The number of benzene rings is 1. The fourth-order valence-corrected chi connectivity index (χ4v) is 1.42. The summed E-state index contributed by atoms with van der Waals surface area (Å²) in [6.07, 6.45) is -4.83. The van der Waals surface area contributed by atoms with Crippen LogP contribution in [-0.2, 0) is 16.8 Å². The molecule has 0 aliphatic heterocycles. The van der Waals surface area contributed by atoms with Crippen LogP contribution in [0.2, 0.25) is 0 Å². The summed E-state index contributed by atoms with van der Waals surface area (Å²) in [6, 6.07) is 4.83. The van der Waals surface area contributed by atoms with Crippen LogP contribution in [0.3, 0.4) is 0 Å². The summed E-state index contributed by atoms with van der Waals surface area (Å²) in [6.45, 7) is 1.71. The van der Waals surface area contributed by atoms with Crippen molar-refractivity contribution in [1.82, 2.24) is 0 Å². The Balaban J connectivity index is 3.38. The average Bonchev–Trinajstić information content (AvgIpc) is 2.26. The van der Waals surface area contributed by atoms with E-state index in [-0.39, 0.29) is 0 Å². The third-order valence-electron chi connectivity index (χ3n) is 2.47. The first-order valence-electron chi connectivity index (χ1n) is 4.85. The maximum atomic E-state index is 12.6. The van der Waals surface area contributed by atoms with Crippen LogP contribution in [0.5, 0.6) is 0 Å². The lowest BCUT2D eigenvalue weighted by atomic mass is 9.91. The fourth-order valence-electron chi connectivity index (χ4n) is 1.42. The topological polar surface area (TPSA) is 57.5 Å². The summed E-state index contributed by atoms with van der Waals surface area (Å²) >= 11 is 0. The lowest BCUT2D eigenvalue weighted by molar-refractivity contribution is -0.265. The molecule has 0 amide bonds. The minimum absolute atomic E-state index is 0.446. The van der Waals surface area contributed by atoms with Gasteiger partial charge in [0.1, 0.15) is 0 Å². The molecular weight excluding hydrogens is 237 g/mol. The Labute approximate surface area is 95.5 Å². The van der Waals surface area contributed by atoms with Crippen molar-refractivity contribution >= 4 is 5.97 Å². The van der Waals surface area contributed by atoms with Crippen molar-refractivity contribution in [1.29, 1.82) is 0 Å². The van der Waals surface area contributed by atoms with Gasteiger partial charge in [0, 0.05) is 5.56 Å². The highest BCUT2D eigenvalue weighted by atomic mass is 19.4. The molecule has 0 heterocycles. The number of aliphatic hydroxyl groups is 1. The smallest absolute Gasteiger partial charge is 0.432 e. The van der Waals surface area contributed by atoms with Gasteiger partial charge < -0.3 is 10.2 Å². The molecule has 0 saturated heterocycles. The van der Waals surface area contributed by atoms with Gasteiger partial charge in [-0.15, -0.1) is 0 Å². The molecule has 0 aliphatic carbocycles. The number of carboxylic acid groups (broad SMARTS) is 1. The van der Waals surface area contributed by atoms with E-state index in [0.29, 0.717) is 12.0 Å². The molecule has 1 unspecified atom stereocenters. The third-order valence-corrected chi connectivity index (χ3v) is 2.47. The second-order valence-corrected chi connectivity index (χ2v) is 3.57. The Morgan fingerprint density at radius 1 is 1.35 bits per heavy atom. The van der Waals surface area contributed by atoms with Gasteiger partial charge in [0.2, 0.25) is 0 Å². The van der Waals surface area contributed by atoms with Gasteiger partial charge in [0.25, 0.3) is 5.60 Å². The lowest BCUT2D eigenvalue weighted by Gasteiger charge is -2.26. The first kappa shape index (κ1) is 13.5. The molecule has 6 heteroatoms. The van der Waals surface area contributed by atoms with Crippen LogP contribution in [0.25, 0.3) is 0 Å². The van der Waals surface area contributed by atoms with Crippen LogP contribution in [0.1, 0.15) is 18.1 Å². The van der Waals surface area contributed by atoms with Crippen molar-refractivity contribution < 1.29 is 28.2 Å². The van der Waals surface area contributed by atoms with E-state index in [1.165, 1.54) is 6.07 Å². The molecule has 0 saturated carbocycles. The zero-order chi connectivity index (χ0) is 13.3. The number of aryl methyl sites for hydroxylation is 1. The summed E-state index contributed by atoms with van der Waals surface area (Å²) in [5.74, 6) is -2.33. The summed E-state index contributed by atoms with van der Waals surface area (Å²) in [5.41, 5.74) is -4.03. The lowest BCUT2D eigenvalue weighted by Crippen LogP contribution is -2.49. The summed E-state index contributed by atoms with van der Waals surface area (Å²) < 4.78 is 37.9. The molecule has 0 bridgehead atoms. The van der Waals surface area contributed by atoms with E-state index in [9.17, 15) is 23.1 Å². The quantitative estimate of drug-likeness (QED) is 0.861. The molecule has 0 aromatic heterocycles. The predicted octanol–water partition coefficient (Wildman–Crippen LogP) is 2.08. The van der Waals surface area contributed by atoms with Crippen molar-refractivity contribution in [3.8, 4) is 0 Å². The molecule has 1 rings (SSSR count). The van der Waals surface area contributed by atoms with E-state index in [1.807, 2.05) is 0 Å². The van der Waals surface area contributed by atoms with Gasteiger partial charge in [-0.3, -0.25) is 0 Å². The minimum atomic E-state index is -5.27. The zero-order valence-electron chi connectivity index (χ0n) is 8.95. The normalized spacial score (nSPS) is 15.4. The molecule has 1 aromatic carbocycles. The monoisotopic (exact) mass is 248 g/mol.